The Labute approximate surface area is 107 Å². The highest BCUT2D eigenvalue weighted by molar-refractivity contribution is 6.35. The molecule has 0 nitrogen and oxygen atoms in total. The zero-order valence-corrected chi connectivity index (χ0v) is 11.7. The van der Waals surface area contributed by atoms with E-state index in [9.17, 15) is 0 Å². The molecule has 0 aliphatic carbocycles. The van der Waals surface area contributed by atoms with E-state index in [1.165, 1.54) is 0 Å². The Morgan fingerprint density at radius 2 is 1.57 bits per heavy atom. The summed E-state index contributed by atoms with van der Waals surface area (Å²) in [5.41, 5.74) is 0. The van der Waals surface area contributed by atoms with Crippen LogP contribution >= 0.6 is 46.4 Å². The summed E-state index contributed by atoms with van der Waals surface area (Å²) in [6.07, 6.45) is 2.17. The Kier molecular flexibility index (Phi) is 5.64. The van der Waals surface area contributed by atoms with Gasteiger partial charge in [0.2, 0.25) is 0 Å². The smallest absolute Gasteiger partial charge is 0.0758 e. The molecule has 14 heavy (non-hydrogen) atoms. The lowest BCUT2D eigenvalue weighted by Crippen LogP contribution is -2.34. The van der Waals surface area contributed by atoms with Gasteiger partial charge in [0.05, 0.1) is 20.5 Å². The molecule has 0 rings (SSSR count). The summed E-state index contributed by atoms with van der Waals surface area (Å²) >= 11 is 24.4. The highest BCUT2D eigenvalue weighted by atomic mass is 35.5. The predicted molar refractivity (Wildman–Crippen MR) is 68.3 cm³/mol. The van der Waals surface area contributed by atoms with Crippen molar-refractivity contribution >= 4 is 46.4 Å². The molecule has 0 bridgehead atoms. The van der Waals surface area contributed by atoms with Crippen LogP contribution in [0.4, 0.5) is 0 Å². The van der Waals surface area contributed by atoms with E-state index >= 15 is 0 Å². The summed E-state index contributed by atoms with van der Waals surface area (Å²) < 4.78 is 0. The van der Waals surface area contributed by atoms with Crippen LogP contribution < -0.4 is 0 Å². The molecule has 0 amide bonds. The van der Waals surface area contributed by atoms with Crippen molar-refractivity contribution in [2.24, 2.45) is 0 Å². The van der Waals surface area contributed by atoms with Crippen molar-refractivity contribution in [3.05, 3.63) is 12.7 Å². The van der Waals surface area contributed by atoms with Crippen LogP contribution in [-0.4, -0.2) is 20.5 Å². The minimum atomic E-state index is -0.642. The molecular weight excluding hydrogens is 262 g/mol. The first-order valence-electron chi connectivity index (χ1n) is 4.41. The van der Waals surface area contributed by atoms with Gasteiger partial charge in [-0.2, -0.15) is 0 Å². The van der Waals surface area contributed by atoms with Crippen LogP contribution in [0.15, 0.2) is 12.7 Å². The lowest BCUT2D eigenvalue weighted by molar-refractivity contribution is 0.552. The maximum atomic E-state index is 6.13. The van der Waals surface area contributed by atoms with Gasteiger partial charge < -0.3 is 0 Å². The zero-order valence-electron chi connectivity index (χ0n) is 8.66. The van der Waals surface area contributed by atoms with Crippen molar-refractivity contribution in [1.82, 2.24) is 0 Å². The summed E-state index contributed by atoms with van der Waals surface area (Å²) in [4.78, 5) is -1.13. The predicted octanol–water partition coefficient (Wildman–Crippen LogP) is 4.79. The number of allylic oxidation sites excluding steroid dienone is 1. The van der Waals surface area contributed by atoms with Crippen LogP contribution in [-0.2, 0) is 0 Å². The average Bonchev–Trinajstić information content (AvgIpc) is 2.02. The third-order valence-corrected chi connectivity index (χ3v) is 4.43. The topological polar surface area (TPSA) is 0 Å². The summed E-state index contributed by atoms with van der Waals surface area (Å²) in [6.45, 7) is 9.15. The van der Waals surface area contributed by atoms with Gasteiger partial charge in [-0.05, 0) is 27.2 Å². The molecule has 0 aromatic carbocycles. The first-order valence-corrected chi connectivity index (χ1v) is 6.03. The van der Waals surface area contributed by atoms with Gasteiger partial charge in [0.1, 0.15) is 0 Å². The molecule has 0 spiro atoms. The second-order valence-corrected chi connectivity index (χ2v) is 6.93. The summed E-state index contributed by atoms with van der Waals surface area (Å²) in [5.74, 6) is 0. The Hall–Kier alpha value is 0.900. The molecule has 0 aromatic heterocycles. The van der Waals surface area contributed by atoms with Crippen molar-refractivity contribution in [3.8, 4) is 0 Å². The van der Waals surface area contributed by atoms with E-state index in [0.717, 1.165) is 0 Å². The molecule has 0 heterocycles. The normalized spacial score (nSPS) is 21.1. The first-order chi connectivity index (χ1) is 6.11. The zero-order chi connectivity index (χ0) is 11.6. The monoisotopic (exact) mass is 276 g/mol. The van der Waals surface area contributed by atoms with Gasteiger partial charge in [-0.15, -0.1) is 53.0 Å². The van der Waals surface area contributed by atoms with E-state index in [2.05, 4.69) is 6.58 Å². The van der Waals surface area contributed by atoms with Crippen molar-refractivity contribution in [2.75, 3.05) is 0 Å². The number of hydrogen-bond donors (Lipinski definition) is 0. The molecule has 84 valence electrons. The minimum Gasteiger partial charge on any atom is -0.121 e. The lowest BCUT2D eigenvalue weighted by Gasteiger charge is -2.29. The molecule has 0 aliphatic rings. The molecule has 0 aromatic rings. The first kappa shape index (κ1) is 14.9. The Bertz CT molecular complexity index is 193. The number of halogens is 4. The van der Waals surface area contributed by atoms with Crippen LogP contribution in [0.5, 0.6) is 0 Å². The fourth-order valence-electron chi connectivity index (χ4n) is 0.820. The molecule has 4 heteroatoms. The molecule has 0 saturated heterocycles. The molecule has 0 radical (unpaired) electrons. The van der Waals surface area contributed by atoms with Gasteiger partial charge in [-0.1, -0.05) is 6.08 Å². The van der Waals surface area contributed by atoms with Gasteiger partial charge in [-0.25, -0.2) is 0 Å². The van der Waals surface area contributed by atoms with Crippen LogP contribution in [0.2, 0.25) is 0 Å². The van der Waals surface area contributed by atoms with Crippen molar-refractivity contribution < 1.29 is 0 Å². The maximum Gasteiger partial charge on any atom is 0.0758 e. The second kappa shape index (κ2) is 5.30. The van der Waals surface area contributed by atoms with Gasteiger partial charge in [0.15, 0.2) is 0 Å². The van der Waals surface area contributed by atoms with E-state index in [-0.39, 0.29) is 10.8 Å². The molecule has 0 fully saturated rings. The Morgan fingerprint density at radius 3 is 1.86 bits per heavy atom. The molecule has 0 saturated carbocycles. The fourth-order valence-corrected chi connectivity index (χ4v) is 1.54. The SMILES string of the molecule is C=CC(C)(Cl)C(Cl)CC(Cl)C(C)(C)Cl. The average molecular weight is 278 g/mol. The quantitative estimate of drug-likeness (QED) is 0.501. The third-order valence-electron chi connectivity index (χ3n) is 2.17. The van der Waals surface area contributed by atoms with Crippen molar-refractivity contribution in [2.45, 2.75) is 47.7 Å². The summed E-state index contributed by atoms with van der Waals surface area (Å²) in [7, 11) is 0. The van der Waals surface area contributed by atoms with Gasteiger partial charge in [-0.3, -0.25) is 0 Å². The molecular formula is C10H16Cl4. The molecule has 3 unspecified atom stereocenters. The standard InChI is InChI=1S/C10H16Cl4/c1-5-10(4,14)8(12)6-7(11)9(2,3)13/h5,7-8H,1,6H2,2-4H3. The van der Waals surface area contributed by atoms with E-state index in [4.69, 9.17) is 46.4 Å². The number of alkyl halides is 4. The minimum absolute atomic E-state index is 0.218. The summed E-state index contributed by atoms with van der Waals surface area (Å²) in [5, 5.41) is -0.494. The van der Waals surface area contributed by atoms with E-state index in [0.29, 0.717) is 6.42 Å². The second-order valence-electron chi connectivity index (χ2n) is 4.09. The van der Waals surface area contributed by atoms with Crippen molar-refractivity contribution in [3.63, 3.8) is 0 Å². The largest absolute Gasteiger partial charge is 0.121 e. The van der Waals surface area contributed by atoms with Crippen LogP contribution in [0, 0.1) is 0 Å². The van der Waals surface area contributed by atoms with E-state index in [1.807, 2.05) is 20.8 Å². The van der Waals surface area contributed by atoms with Crippen LogP contribution in [0.25, 0.3) is 0 Å². The molecule has 0 N–H and O–H groups in total. The third kappa shape index (κ3) is 4.61. The van der Waals surface area contributed by atoms with Gasteiger partial charge >= 0.3 is 0 Å². The van der Waals surface area contributed by atoms with Crippen molar-refractivity contribution in [1.29, 1.82) is 0 Å². The lowest BCUT2D eigenvalue weighted by atomic mass is 9.97. The van der Waals surface area contributed by atoms with Crippen LogP contribution in [0.1, 0.15) is 27.2 Å². The van der Waals surface area contributed by atoms with Gasteiger partial charge in [0.25, 0.3) is 0 Å². The molecule has 3 atom stereocenters. The fraction of sp³-hybridized carbons (Fsp3) is 0.800. The number of rotatable bonds is 5. The van der Waals surface area contributed by atoms with E-state index in [1.54, 1.807) is 6.08 Å². The molecule has 0 aliphatic heterocycles. The summed E-state index contributed by atoms with van der Waals surface area (Å²) in [6, 6.07) is 0. The van der Waals surface area contributed by atoms with E-state index < -0.39 is 9.75 Å². The van der Waals surface area contributed by atoms with Crippen LogP contribution in [0.3, 0.4) is 0 Å². The van der Waals surface area contributed by atoms with Gasteiger partial charge in [0, 0.05) is 0 Å². The maximum absolute atomic E-state index is 6.13. The highest BCUT2D eigenvalue weighted by Crippen LogP contribution is 2.34. The highest BCUT2D eigenvalue weighted by Gasteiger charge is 2.34. The Balaban J connectivity index is 4.33. The number of hydrogen-bond acceptors (Lipinski definition) is 0. The Morgan fingerprint density at radius 1 is 1.14 bits per heavy atom.